The highest BCUT2D eigenvalue weighted by Crippen LogP contribution is 2.16. The number of anilines is 1. The van der Waals surface area contributed by atoms with Crippen molar-refractivity contribution in [2.75, 3.05) is 5.32 Å². The van der Waals surface area contributed by atoms with Crippen LogP contribution in [0.15, 0.2) is 30.6 Å². The molecule has 108 valence electrons. The molecule has 1 aromatic carbocycles. The molecular weight excluding hydrogens is 281 g/mol. The number of nitrogens with zero attached hydrogens (tertiary/aromatic N) is 4. The Morgan fingerprint density at radius 3 is 2.86 bits per heavy atom. The number of aliphatic carboxylic acids is 1. The lowest BCUT2D eigenvalue weighted by molar-refractivity contribution is -0.131. The summed E-state index contributed by atoms with van der Waals surface area (Å²) in [5.74, 6) is -2.29. The Bertz CT molecular complexity index is 684. The van der Waals surface area contributed by atoms with Crippen molar-refractivity contribution < 1.29 is 19.1 Å². The van der Waals surface area contributed by atoms with E-state index in [2.05, 4.69) is 20.8 Å². The van der Waals surface area contributed by atoms with E-state index in [0.717, 1.165) is 12.1 Å². The van der Waals surface area contributed by atoms with Crippen molar-refractivity contribution in [3.05, 3.63) is 42.0 Å². The minimum absolute atomic E-state index is 0.0134. The van der Waals surface area contributed by atoms with Crippen LogP contribution in [-0.2, 0) is 16.1 Å². The molecule has 1 heterocycles. The van der Waals surface area contributed by atoms with Crippen LogP contribution in [0, 0.1) is 5.82 Å². The SMILES string of the molecule is O=C(O)C=Cc1ccc(NC(=O)Cn2cnnn2)c(F)c1. The Kier molecular flexibility index (Phi) is 4.34. The zero-order valence-corrected chi connectivity index (χ0v) is 10.6. The van der Waals surface area contributed by atoms with Gasteiger partial charge in [0, 0.05) is 6.08 Å². The van der Waals surface area contributed by atoms with Crippen LogP contribution in [0.2, 0.25) is 0 Å². The molecule has 1 amide bonds. The van der Waals surface area contributed by atoms with Crippen LogP contribution in [-0.4, -0.2) is 37.2 Å². The number of hydrogen-bond acceptors (Lipinski definition) is 5. The van der Waals surface area contributed by atoms with E-state index in [4.69, 9.17) is 5.11 Å². The second-order valence-corrected chi connectivity index (χ2v) is 3.97. The summed E-state index contributed by atoms with van der Waals surface area (Å²) in [6.07, 6.45) is 3.40. The minimum atomic E-state index is -1.13. The number of aromatic nitrogens is 4. The van der Waals surface area contributed by atoms with Crippen LogP contribution in [0.3, 0.4) is 0 Å². The molecule has 0 unspecified atom stereocenters. The maximum absolute atomic E-state index is 13.8. The number of nitrogens with one attached hydrogen (secondary N) is 1. The molecule has 0 spiro atoms. The molecule has 0 saturated heterocycles. The number of halogens is 1. The fraction of sp³-hybridized carbons (Fsp3) is 0.0833. The predicted octanol–water partition coefficient (Wildman–Crippen LogP) is 0.549. The first-order valence-electron chi connectivity index (χ1n) is 5.76. The largest absolute Gasteiger partial charge is 0.478 e. The molecule has 2 rings (SSSR count). The number of benzene rings is 1. The van der Waals surface area contributed by atoms with Gasteiger partial charge in [-0.2, -0.15) is 0 Å². The topological polar surface area (TPSA) is 110 Å². The number of carboxylic acid groups (broad SMARTS) is 1. The summed E-state index contributed by atoms with van der Waals surface area (Å²) in [6.45, 7) is -0.146. The first-order valence-corrected chi connectivity index (χ1v) is 5.76. The number of carboxylic acids is 1. The fourth-order valence-electron chi connectivity index (χ4n) is 1.49. The first-order chi connectivity index (χ1) is 10.0. The van der Waals surface area contributed by atoms with Crippen LogP contribution in [0.4, 0.5) is 10.1 Å². The van der Waals surface area contributed by atoms with E-state index in [9.17, 15) is 14.0 Å². The van der Waals surface area contributed by atoms with Gasteiger partial charge in [0.05, 0.1) is 5.69 Å². The third-order valence-corrected chi connectivity index (χ3v) is 2.38. The Labute approximate surface area is 117 Å². The van der Waals surface area contributed by atoms with Gasteiger partial charge < -0.3 is 10.4 Å². The van der Waals surface area contributed by atoms with E-state index in [1.807, 2.05) is 0 Å². The lowest BCUT2D eigenvalue weighted by Gasteiger charge is -2.06. The highest BCUT2D eigenvalue weighted by molar-refractivity contribution is 5.91. The van der Waals surface area contributed by atoms with E-state index in [1.54, 1.807) is 0 Å². The molecule has 0 bridgehead atoms. The number of amides is 1. The number of tetrazole rings is 1. The van der Waals surface area contributed by atoms with Crippen LogP contribution in [0.25, 0.3) is 6.08 Å². The summed E-state index contributed by atoms with van der Waals surface area (Å²) >= 11 is 0. The number of carbonyl (C=O) groups is 2. The average Bonchev–Trinajstić information content (AvgIpc) is 2.92. The Balaban J connectivity index is 2.03. The molecule has 0 aliphatic carbocycles. The van der Waals surface area contributed by atoms with E-state index in [-0.39, 0.29) is 12.2 Å². The van der Waals surface area contributed by atoms with Gasteiger partial charge in [0.1, 0.15) is 18.7 Å². The molecule has 8 nitrogen and oxygen atoms in total. The Morgan fingerprint density at radius 2 is 2.24 bits per heavy atom. The number of rotatable bonds is 5. The van der Waals surface area contributed by atoms with E-state index in [1.165, 1.54) is 29.2 Å². The molecule has 1 aromatic heterocycles. The number of hydrogen-bond donors (Lipinski definition) is 2. The fourth-order valence-corrected chi connectivity index (χ4v) is 1.49. The third kappa shape index (κ3) is 4.20. The summed E-state index contributed by atoms with van der Waals surface area (Å²) in [6, 6.07) is 3.94. The Hall–Kier alpha value is -3.10. The highest BCUT2D eigenvalue weighted by Gasteiger charge is 2.08. The lowest BCUT2D eigenvalue weighted by atomic mass is 10.2. The molecule has 2 aromatic rings. The van der Waals surface area contributed by atoms with E-state index < -0.39 is 17.7 Å². The average molecular weight is 291 g/mol. The second kappa shape index (κ2) is 6.37. The predicted molar refractivity (Wildman–Crippen MR) is 69.5 cm³/mol. The molecule has 0 fully saturated rings. The Morgan fingerprint density at radius 1 is 1.43 bits per heavy atom. The van der Waals surface area contributed by atoms with Crippen molar-refractivity contribution >= 4 is 23.6 Å². The normalized spacial score (nSPS) is 10.7. The summed E-state index contributed by atoms with van der Waals surface area (Å²) in [7, 11) is 0. The molecule has 0 aliphatic rings. The zero-order valence-electron chi connectivity index (χ0n) is 10.6. The third-order valence-electron chi connectivity index (χ3n) is 2.38. The second-order valence-electron chi connectivity index (χ2n) is 3.97. The molecular formula is C12H10FN5O3. The van der Waals surface area contributed by atoms with Crippen molar-refractivity contribution in [2.24, 2.45) is 0 Å². The van der Waals surface area contributed by atoms with Gasteiger partial charge in [0.25, 0.3) is 0 Å². The van der Waals surface area contributed by atoms with Crippen molar-refractivity contribution in [1.82, 2.24) is 20.2 Å². The van der Waals surface area contributed by atoms with Crippen LogP contribution in [0.1, 0.15) is 5.56 Å². The van der Waals surface area contributed by atoms with Crippen LogP contribution >= 0.6 is 0 Å². The first kappa shape index (κ1) is 14.3. The highest BCUT2D eigenvalue weighted by atomic mass is 19.1. The van der Waals surface area contributed by atoms with Gasteiger partial charge in [-0.3, -0.25) is 4.79 Å². The molecule has 0 saturated carbocycles. The summed E-state index contributed by atoms with van der Waals surface area (Å²) in [4.78, 5) is 22.0. The maximum Gasteiger partial charge on any atom is 0.328 e. The van der Waals surface area contributed by atoms with Crippen molar-refractivity contribution in [3.63, 3.8) is 0 Å². The van der Waals surface area contributed by atoms with Gasteiger partial charge >= 0.3 is 5.97 Å². The van der Waals surface area contributed by atoms with Crippen molar-refractivity contribution in [3.8, 4) is 0 Å². The molecule has 0 atom stereocenters. The minimum Gasteiger partial charge on any atom is -0.478 e. The summed E-state index contributed by atoms with van der Waals surface area (Å²) < 4.78 is 15.0. The molecule has 0 radical (unpaired) electrons. The molecule has 9 heteroatoms. The van der Waals surface area contributed by atoms with E-state index in [0.29, 0.717) is 5.56 Å². The van der Waals surface area contributed by atoms with Gasteiger partial charge in [0.15, 0.2) is 0 Å². The quantitative estimate of drug-likeness (QED) is 0.778. The monoisotopic (exact) mass is 291 g/mol. The summed E-state index contributed by atoms with van der Waals surface area (Å²) in [5.41, 5.74) is 0.355. The van der Waals surface area contributed by atoms with E-state index >= 15 is 0 Å². The van der Waals surface area contributed by atoms with Gasteiger partial charge in [0.2, 0.25) is 5.91 Å². The van der Waals surface area contributed by atoms with Crippen LogP contribution < -0.4 is 5.32 Å². The standard InChI is InChI=1S/C12H10FN5O3/c13-9-5-8(2-4-12(20)21)1-3-10(9)15-11(19)6-18-7-14-16-17-18/h1-5,7H,6H2,(H,15,19)(H,20,21). The summed E-state index contributed by atoms with van der Waals surface area (Å²) in [5, 5.41) is 21.1. The maximum atomic E-state index is 13.8. The van der Waals surface area contributed by atoms with Crippen LogP contribution in [0.5, 0.6) is 0 Å². The molecule has 2 N–H and O–H groups in total. The smallest absolute Gasteiger partial charge is 0.328 e. The van der Waals surface area contributed by atoms with Gasteiger partial charge in [-0.1, -0.05) is 6.07 Å². The molecule has 21 heavy (non-hydrogen) atoms. The zero-order chi connectivity index (χ0) is 15.2. The lowest BCUT2D eigenvalue weighted by Crippen LogP contribution is -2.19. The van der Waals surface area contributed by atoms with Gasteiger partial charge in [-0.05, 0) is 34.2 Å². The van der Waals surface area contributed by atoms with Gasteiger partial charge in [-0.25, -0.2) is 13.9 Å². The number of carbonyl (C=O) groups excluding carboxylic acids is 1. The molecule has 0 aliphatic heterocycles. The van der Waals surface area contributed by atoms with Crippen molar-refractivity contribution in [2.45, 2.75) is 6.54 Å². The van der Waals surface area contributed by atoms with Gasteiger partial charge in [-0.15, -0.1) is 5.10 Å². The van der Waals surface area contributed by atoms with Crippen molar-refractivity contribution in [1.29, 1.82) is 0 Å².